The fraction of sp³-hybridized carbons (Fsp3) is 0.917. The number of carbonyl (C=O) groups excluding carboxylic acids is 1. The molecule has 5 nitrogen and oxygen atoms in total. The molecule has 0 radical (unpaired) electrons. The summed E-state index contributed by atoms with van der Waals surface area (Å²) in [7, 11) is 1.62. The van der Waals surface area contributed by atoms with Crippen LogP contribution in [0.4, 0.5) is 0 Å². The molecule has 0 aromatic heterocycles. The van der Waals surface area contributed by atoms with Gasteiger partial charge in [-0.2, -0.15) is 0 Å². The van der Waals surface area contributed by atoms with E-state index < -0.39 is 0 Å². The number of methoxy groups -OCH3 is 1. The average Bonchev–Trinajstić information content (AvgIpc) is 2.37. The molecule has 0 aliphatic carbocycles. The second kappa shape index (κ2) is 8.44. The van der Waals surface area contributed by atoms with Gasteiger partial charge in [0.05, 0.1) is 13.2 Å². The van der Waals surface area contributed by atoms with Gasteiger partial charge in [0, 0.05) is 19.7 Å². The number of likely N-dealkylation sites (N-methyl/N-ethyl adjacent to an activating group) is 1. The van der Waals surface area contributed by atoms with Gasteiger partial charge in [-0.05, 0) is 32.9 Å². The molecule has 17 heavy (non-hydrogen) atoms. The number of nitrogens with zero attached hydrogens (tertiary/aromatic N) is 1. The fourth-order valence-corrected chi connectivity index (χ4v) is 2.14. The zero-order valence-corrected chi connectivity index (χ0v) is 10.9. The van der Waals surface area contributed by atoms with Gasteiger partial charge in [-0.25, -0.2) is 0 Å². The molecule has 0 atom stereocenters. The minimum absolute atomic E-state index is 0.0931. The molecule has 1 heterocycles. The van der Waals surface area contributed by atoms with Crippen LogP contribution in [-0.2, 0) is 14.3 Å². The van der Waals surface area contributed by atoms with Crippen molar-refractivity contribution < 1.29 is 14.3 Å². The molecule has 1 rings (SSSR count). The van der Waals surface area contributed by atoms with Gasteiger partial charge < -0.3 is 19.7 Å². The van der Waals surface area contributed by atoms with E-state index in [2.05, 4.69) is 5.32 Å². The van der Waals surface area contributed by atoms with Gasteiger partial charge in [0.25, 0.3) is 0 Å². The third-order valence-electron chi connectivity index (χ3n) is 3.07. The first kappa shape index (κ1) is 14.4. The van der Waals surface area contributed by atoms with Crippen LogP contribution in [0.2, 0.25) is 0 Å². The predicted octanol–water partition coefficient (Wildman–Crippen LogP) is 0.250. The highest BCUT2D eigenvalue weighted by Gasteiger charge is 2.23. The van der Waals surface area contributed by atoms with Crippen LogP contribution in [-0.4, -0.2) is 63.4 Å². The van der Waals surface area contributed by atoms with Crippen LogP contribution in [0.15, 0.2) is 0 Å². The van der Waals surface area contributed by atoms with Gasteiger partial charge in [-0.3, -0.25) is 4.79 Å². The van der Waals surface area contributed by atoms with E-state index in [0.29, 0.717) is 19.3 Å². The van der Waals surface area contributed by atoms with Crippen LogP contribution in [0.25, 0.3) is 0 Å². The Balaban J connectivity index is 2.29. The lowest BCUT2D eigenvalue weighted by molar-refractivity contribution is -0.139. The van der Waals surface area contributed by atoms with Crippen molar-refractivity contribution in [2.24, 2.45) is 0 Å². The number of hydrogen-bond donors (Lipinski definition) is 1. The van der Waals surface area contributed by atoms with Gasteiger partial charge in [-0.15, -0.1) is 0 Å². The largest absolute Gasteiger partial charge is 0.382 e. The summed E-state index contributed by atoms with van der Waals surface area (Å²) in [6.45, 7) is 5.96. The summed E-state index contributed by atoms with van der Waals surface area (Å²) in [5.74, 6) is 0.0931. The van der Waals surface area contributed by atoms with E-state index in [0.717, 1.165) is 32.5 Å². The van der Waals surface area contributed by atoms with Crippen molar-refractivity contribution >= 4 is 5.91 Å². The van der Waals surface area contributed by atoms with Gasteiger partial charge >= 0.3 is 0 Å². The Bertz CT molecular complexity index is 218. The smallest absolute Gasteiger partial charge is 0.248 e. The van der Waals surface area contributed by atoms with Crippen molar-refractivity contribution in [2.45, 2.75) is 25.8 Å². The first-order valence-corrected chi connectivity index (χ1v) is 6.36. The van der Waals surface area contributed by atoms with Crippen molar-refractivity contribution in [2.75, 3.05) is 46.6 Å². The maximum Gasteiger partial charge on any atom is 0.248 e. The normalized spacial score (nSPS) is 17.1. The average molecular weight is 244 g/mol. The topological polar surface area (TPSA) is 50.8 Å². The maximum absolute atomic E-state index is 12.0. The highest BCUT2D eigenvalue weighted by atomic mass is 16.5. The SMILES string of the molecule is CCN(C(=O)COCCOC)C1CCNCC1. The van der Waals surface area contributed by atoms with Crippen LogP contribution in [0.3, 0.4) is 0 Å². The van der Waals surface area contributed by atoms with Gasteiger partial charge in [-0.1, -0.05) is 0 Å². The predicted molar refractivity (Wildman–Crippen MR) is 66.0 cm³/mol. The van der Waals surface area contributed by atoms with E-state index in [1.54, 1.807) is 7.11 Å². The minimum atomic E-state index is 0.0931. The second-order valence-electron chi connectivity index (χ2n) is 4.21. The maximum atomic E-state index is 12.0. The lowest BCUT2D eigenvalue weighted by Crippen LogP contribution is -2.47. The molecular formula is C12H24N2O3. The molecule has 0 aromatic carbocycles. The molecule has 0 saturated carbocycles. The molecule has 1 N–H and O–H groups in total. The quantitative estimate of drug-likeness (QED) is 0.652. The zero-order valence-electron chi connectivity index (χ0n) is 10.9. The number of amides is 1. The monoisotopic (exact) mass is 244 g/mol. The molecule has 100 valence electrons. The molecule has 1 saturated heterocycles. The van der Waals surface area contributed by atoms with E-state index in [9.17, 15) is 4.79 Å². The molecule has 0 aromatic rings. The Morgan fingerprint density at radius 1 is 1.35 bits per heavy atom. The first-order valence-electron chi connectivity index (χ1n) is 6.36. The number of carbonyl (C=O) groups is 1. The van der Waals surface area contributed by atoms with Crippen LogP contribution in [0, 0.1) is 0 Å². The molecule has 0 bridgehead atoms. The second-order valence-corrected chi connectivity index (χ2v) is 4.21. The van der Waals surface area contributed by atoms with Crippen molar-refractivity contribution in [3.05, 3.63) is 0 Å². The number of piperidine rings is 1. The standard InChI is InChI=1S/C12H24N2O3/c1-3-14(11-4-6-13-7-5-11)12(15)10-17-9-8-16-2/h11,13H,3-10H2,1-2H3. The van der Waals surface area contributed by atoms with Crippen LogP contribution < -0.4 is 5.32 Å². The molecule has 1 fully saturated rings. The number of nitrogens with one attached hydrogen (secondary N) is 1. The Labute approximate surface area is 103 Å². The molecule has 0 spiro atoms. The van der Waals surface area contributed by atoms with Crippen molar-refractivity contribution in [3.8, 4) is 0 Å². The summed E-state index contributed by atoms with van der Waals surface area (Å²) < 4.78 is 10.1. The fourth-order valence-electron chi connectivity index (χ4n) is 2.14. The lowest BCUT2D eigenvalue weighted by atomic mass is 10.0. The van der Waals surface area contributed by atoms with E-state index in [-0.39, 0.29) is 12.5 Å². The molecule has 0 unspecified atom stereocenters. The van der Waals surface area contributed by atoms with Crippen LogP contribution in [0.5, 0.6) is 0 Å². The summed E-state index contributed by atoms with van der Waals surface area (Å²) in [5.41, 5.74) is 0. The Morgan fingerprint density at radius 2 is 2.06 bits per heavy atom. The Kier molecular flexibility index (Phi) is 7.16. The Hall–Kier alpha value is -0.650. The van der Waals surface area contributed by atoms with Crippen molar-refractivity contribution in [1.82, 2.24) is 10.2 Å². The summed E-state index contributed by atoms with van der Waals surface area (Å²) in [5, 5.41) is 3.31. The van der Waals surface area contributed by atoms with Gasteiger partial charge in [0.15, 0.2) is 0 Å². The third-order valence-corrected chi connectivity index (χ3v) is 3.07. The third kappa shape index (κ3) is 5.02. The first-order chi connectivity index (χ1) is 8.29. The van der Waals surface area contributed by atoms with Crippen molar-refractivity contribution in [3.63, 3.8) is 0 Å². The summed E-state index contributed by atoms with van der Waals surface area (Å²) >= 11 is 0. The van der Waals surface area contributed by atoms with E-state index in [1.807, 2.05) is 11.8 Å². The highest BCUT2D eigenvalue weighted by molar-refractivity contribution is 5.77. The number of ether oxygens (including phenoxy) is 2. The zero-order chi connectivity index (χ0) is 12.5. The summed E-state index contributed by atoms with van der Waals surface area (Å²) in [6.07, 6.45) is 2.08. The molecule has 1 aliphatic heterocycles. The van der Waals surface area contributed by atoms with Crippen LogP contribution in [0.1, 0.15) is 19.8 Å². The highest BCUT2D eigenvalue weighted by Crippen LogP contribution is 2.11. The van der Waals surface area contributed by atoms with Crippen LogP contribution >= 0.6 is 0 Å². The molecule has 1 aliphatic rings. The summed E-state index contributed by atoms with van der Waals surface area (Å²) in [6, 6.07) is 0.375. The van der Waals surface area contributed by atoms with E-state index in [4.69, 9.17) is 9.47 Å². The van der Waals surface area contributed by atoms with Gasteiger partial charge in [0.1, 0.15) is 6.61 Å². The Morgan fingerprint density at radius 3 is 2.65 bits per heavy atom. The summed E-state index contributed by atoms with van der Waals surface area (Å²) in [4.78, 5) is 13.9. The van der Waals surface area contributed by atoms with Crippen molar-refractivity contribution in [1.29, 1.82) is 0 Å². The number of hydrogen-bond acceptors (Lipinski definition) is 4. The minimum Gasteiger partial charge on any atom is -0.382 e. The van der Waals surface area contributed by atoms with Gasteiger partial charge in [0.2, 0.25) is 5.91 Å². The molecular weight excluding hydrogens is 220 g/mol. The van der Waals surface area contributed by atoms with E-state index in [1.165, 1.54) is 0 Å². The number of rotatable bonds is 7. The molecule has 5 heteroatoms. The molecule has 1 amide bonds. The van der Waals surface area contributed by atoms with E-state index >= 15 is 0 Å². The lowest BCUT2D eigenvalue weighted by Gasteiger charge is -2.33.